The molecule has 0 radical (unpaired) electrons. The second-order valence-corrected chi connectivity index (χ2v) is 3.39. The maximum Gasteiger partial charge on any atom is 0.229 e. The fourth-order valence-electron chi connectivity index (χ4n) is 1.28. The van der Waals surface area contributed by atoms with Crippen LogP contribution in [0.1, 0.15) is 5.56 Å². The minimum Gasteiger partial charge on any atom is -0.384 e. The van der Waals surface area contributed by atoms with Crippen LogP contribution in [0, 0.1) is 12.7 Å². The van der Waals surface area contributed by atoms with E-state index in [0.29, 0.717) is 17.5 Å². The number of nitrogens with two attached hydrogens (primary N) is 1. The molecule has 0 bridgehead atoms. The molecule has 5 heteroatoms. The van der Waals surface area contributed by atoms with Crippen LogP contribution in [0.4, 0.5) is 21.8 Å². The zero-order valence-electron chi connectivity index (χ0n) is 8.74. The molecule has 1 heterocycles. The van der Waals surface area contributed by atoms with Crippen LogP contribution in [0.15, 0.2) is 30.5 Å². The van der Waals surface area contributed by atoms with Crippen molar-refractivity contribution in [3.63, 3.8) is 0 Å². The maximum atomic E-state index is 13.0. The summed E-state index contributed by atoms with van der Waals surface area (Å²) in [4.78, 5) is 7.95. The molecule has 1 aromatic heterocycles. The Morgan fingerprint density at radius 2 is 2.12 bits per heavy atom. The molecular weight excluding hydrogens is 207 g/mol. The van der Waals surface area contributed by atoms with Crippen LogP contribution >= 0.6 is 0 Å². The zero-order chi connectivity index (χ0) is 11.5. The van der Waals surface area contributed by atoms with E-state index < -0.39 is 0 Å². The molecule has 0 fully saturated rings. The van der Waals surface area contributed by atoms with Crippen LogP contribution < -0.4 is 11.1 Å². The van der Waals surface area contributed by atoms with Gasteiger partial charge in [0, 0.05) is 11.9 Å². The summed E-state index contributed by atoms with van der Waals surface area (Å²) in [6.45, 7) is 1.87. The van der Waals surface area contributed by atoms with Crippen molar-refractivity contribution in [1.82, 2.24) is 9.97 Å². The second kappa shape index (κ2) is 4.14. The summed E-state index contributed by atoms with van der Waals surface area (Å²) in [6.07, 6.45) is 1.54. The predicted molar refractivity (Wildman–Crippen MR) is 60.9 cm³/mol. The first-order valence-electron chi connectivity index (χ1n) is 4.77. The van der Waals surface area contributed by atoms with Gasteiger partial charge in [-0.15, -0.1) is 0 Å². The normalized spacial score (nSPS) is 10.1. The summed E-state index contributed by atoms with van der Waals surface area (Å²) in [5, 5.41) is 2.91. The van der Waals surface area contributed by atoms with Gasteiger partial charge in [-0.25, -0.2) is 9.37 Å². The predicted octanol–water partition coefficient (Wildman–Crippen LogP) is 2.25. The van der Waals surface area contributed by atoms with Gasteiger partial charge in [-0.2, -0.15) is 4.98 Å². The van der Waals surface area contributed by atoms with E-state index in [9.17, 15) is 4.39 Å². The third-order valence-corrected chi connectivity index (χ3v) is 2.12. The largest absolute Gasteiger partial charge is 0.384 e. The van der Waals surface area contributed by atoms with E-state index in [4.69, 9.17) is 5.73 Å². The third-order valence-electron chi connectivity index (χ3n) is 2.12. The Morgan fingerprint density at radius 1 is 1.31 bits per heavy atom. The van der Waals surface area contributed by atoms with Gasteiger partial charge in [0.15, 0.2) is 0 Å². The third kappa shape index (κ3) is 2.25. The monoisotopic (exact) mass is 218 g/mol. The molecule has 0 aliphatic carbocycles. The summed E-state index contributed by atoms with van der Waals surface area (Å²) in [5.74, 6) is 0.414. The highest BCUT2D eigenvalue weighted by molar-refractivity contribution is 5.58. The molecule has 0 aliphatic heterocycles. The van der Waals surface area contributed by atoms with Gasteiger partial charge in [0.1, 0.15) is 11.6 Å². The minimum absolute atomic E-state index is 0.308. The van der Waals surface area contributed by atoms with Gasteiger partial charge in [0.25, 0.3) is 0 Å². The van der Waals surface area contributed by atoms with E-state index in [1.165, 1.54) is 12.1 Å². The summed E-state index contributed by atoms with van der Waals surface area (Å²) >= 11 is 0. The Labute approximate surface area is 92.3 Å². The molecule has 82 valence electrons. The number of halogens is 1. The van der Waals surface area contributed by atoms with Crippen LogP contribution in [0.3, 0.4) is 0 Å². The number of aromatic nitrogens is 2. The molecule has 0 spiro atoms. The van der Waals surface area contributed by atoms with Crippen LogP contribution in [0.25, 0.3) is 0 Å². The van der Waals surface area contributed by atoms with Crippen molar-refractivity contribution in [2.24, 2.45) is 0 Å². The molecule has 0 amide bonds. The number of aryl methyl sites for hydroxylation is 1. The van der Waals surface area contributed by atoms with Gasteiger partial charge in [-0.3, -0.25) is 0 Å². The molecule has 0 saturated carbocycles. The number of hydrogen-bond donors (Lipinski definition) is 2. The van der Waals surface area contributed by atoms with E-state index in [1.807, 2.05) is 6.92 Å². The van der Waals surface area contributed by atoms with Crippen molar-refractivity contribution < 1.29 is 4.39 Å². The van der Waals surface area contributed by atoms with Gasteiger partial charge < -0.3 is 11.1 Å². The molecular formula is C11H11FN4. The van der Waals surface area contributed by atoms with Crippen molar-refractivity contribution >= 4 is 17.5 Å². The van der Waals surface area contributed by atoms with Crippen LogP contribution in [-0.4, -0.2) is 9.97 Å². The number of hydrogen-bond acceptors (Lipinski definition) is 4. The molecule has 2 aromatic rings. The SMILES string of the molecule is Cc1ccc(F)cc1Nc1nccc(N)n1. The maximum absolute atomic E-state index is 13.0. The van der Waals surface area contributed by atoms with Crippen LogP contribution in [-0.2, 0) is 0 Å². The van der Waals surface area contributed by atoms with Crippen molar-refractivity contribution in [2.75, 3.05) is 11.1 Å². The summed E-state index contributed by atoms with van der Waals surface area (Å²) in [6, 6.07) is 6.07. The standard InChI is InChI=1S/C11H11FN4/c1-7-2-3-8(12)6-9(7)15-11-14-5-4-10(13)16-11/h2-6H,1H3,(H3,13,14,15,16). The summed E-state index contributed by atoms with van der Waals surface area (Å²) in [7, 11) is 0. The molecule has 2 rings (SSSR count). The lowest BCUT2D eigenvalue weighted by molar-refractivity contribution is 0.628. The molecule has 0 atom stereocenters. The van der Waals surface area contributed by atoms with Gasteiger partial charge in [0.2, 0.25) is 5.95 Å². The number of anilines is 3. The van der Waals surface area contributed by atoms with Crippen molar-refractivity contribution in [3.8, 4) is 0 Å². The quantitative estimate of drug-likeness (QED) is 0.811. The number of nitrogens with zero attached hydrogens (tertiary/aromatic N) is 2. The fourth-order valence-corrected chi connectivity index (χ4v) is 1.28. The van der Waals surface area contributed by atoms with E-state index in [0.717, 1.165) is 5.56 Å². The highest BCUT2D eigenvalue weighted by Gasteiger charge is 2.02. The van der Waals surface area contributed by atoms with Crippen LogP contribution in [0.5, 0.6) is 0 Å². The Kier molecular flexibility index (Phi) is 2.68. The molecule has 4 nitrogen and oxygen atoms in total. The van der Waals surface area contributed by atoms with Crippen molar-refractivity contribution in [2.45, 2.75) is 6.92 Å². The molecule has 1 aromatic carbocycles. The minimum atomic E-state index is -0.308. The lowest BCUT2D eigenvalue weighted by Crippen LogP contribution is -2.01. The van der Waals surface area contributed by atoms with E-state index in [2.05, 4.69) is 15.3 Å². The van der Waals surface area contributed by atoms with E-state index in [1.54, 1.807) is 18.3 Å². The second-order valence-electron chi connectivity index (χ2n) is 3.39. The highest BCUT2D eigenvalue weighted by atomic mass is 19.1. The molecule has 0 unspecified atom stereocenters. The lowest BCUT2D eigenvalue weighted by Gasteiger charge is -2.07. The number of rotatable bonds is 2. The Hall–Kier alpha value is -2.17. The van der Waals surface area contributed by atoms with E-state index in [-0.39, 0.29) is 5.82 Å². The summed E-state index contributed by atoms with van der Waals surface area (Å²) in [5.41, 5.74) is 7.05. The highest BCUT2D eigenvalue weighted by Crippen LogP contribution is 2.19. The number of benzene rings is 1. The van der Waals surface area contributed by atoms with Gasteiger partial charge in [0.05, 0.1) is 0 Å². The topological polar surface area (TPSA) is 63.8 Å². The molecule has 3 N–H and O–H groups in total. The number of nitrogen functional groups attached to an aromatic ring is 1. The molecule has 0 aliphatic rings. The Balaban J connectivity index is 2.30. The molecule has 0 saturated heterocycles. The van der Waals surface area contributed by atoms with Crippen molar-refractivity contribution in [1.29, 1.82) is 0 Å². The number of nitrogens with one attached hydrogen (secondary N) is 1. The van der Waals surface area contributed by atoms with Gasteiger partial charge in [-0.05, 0) is 30.7 Å². The smallest absolute Gasteiger partial charge is 0.229 e. The van der Waals surface area contributed by atoms with E-state index >= 15 is 0 Å². The van der Waals surface area contributed by atoms with Crippen LogP contribution in [0.2, 0.25) is 0 Å². The molecule has 16 heavy (non-hydrogen) atoms. The first-order chi connectivity index (χ1) is 7.65. The average molecular weight is 218 g/mol. The van der Waals surface area contributed by atoms with Gasteiger partial charge >= 0.3 is 0 Å². The summed E-state index contributed by atoms with van der Waals surface area (Å²) < 4.78 is 13.0. The van der Waals surface area contributed by atoms with Gasteiger partial charge in [-0.1, -0.05) is 6.07 Å². The first-order valence-corrected chi connectivity index (χ1v) is 4.77. The van der Waals surface area contributed by atoms with Crippen molar-refractivity contribution in [3.05, 3.63) is 41.8 Å². The lowest BCUT2D eigenvalue weighted by atomic mass is 10.2. The first kappa shape index (κ1) is 10.4. The fraction of sp³-hybridized carbons (Fsp3) is 0.0909. The Bertz CT molecular complexity index is 513. The average Bonchev–Trinajstić information content (AvgIpc) is 2.24. The zero-order valence-corrected chi connectivity index (χ0v) is 8.74. The Morgan fingerprint density at radius 3 is 2.88 bits per heavy atom.